The van der Waals surface area contributed by atoms with Crippen LogP contribution in [0.4, 0.5) is 0 Å². The van der Waals surface area contributed by atoms with E-state index >= 15 is 0 Å². The van der Waals surface area contributed by atoms with Crippen LogP contribution in [0.2, 0.25) is 0 Å². The van der Waals surface area contributed by atoms with Gasteiger partial charge in [-0.2, -0.15) is 0 Å². The van der Waals surface area contributed by atoms with Gasteiger partial charge in [0.25, 0.3) is 0 Å². The molecule has 0 radical (unpaired) electrons. The Morgan fingerprint density at radius 1 is 0.682 bits per heavy atom. The van der Waals surface area contributed by atoms with Gasteiger partial charge in [-0.3, -0.25) is 4.79 Å². The summed E-state index contributed by atoms with van der Waals surface area (Å²) >= 11 is 0. The molecule has 0 N–H and O–H groups in total. The normalized spacial score (nSPS) is 9.41. The van der Waals surface area contributed by atoms with Crippen LogP contribution in [0.5, 0.6) is 0 Å². The summed E-state index contributed by atoms with van der Waals surface area (Å²) in [6.07, 6.45) is 17.4. The van der Waals surface area contributed by atoms with Crippen molar-refractivity contribution < 1.29 is 97.1 Å². The number of hydrogen-bond donors (Lipinski definition) is 0. The Bertz CT molecular complexity index is 1310. The number of rotatable bonds is 19. The number of esters is 2. The Labute approximate surface area is 307 Å². The number of terminal acetylenes is 1. The number of phosphoric acid groups is 1. The van der Waals surface area contributed by atoms with E-state index in [2.05, 4.69) is 88.4 Å². The Morgan fingerprint density at radius 3 is 1.57 bits per heavy atom. The van der Waals surface area contributed by atoms with E-state index < -0.39 is 39.1 Å². The second-order valence-electron chi connectivity index (χ2n) is 8.74. The Kier molecular flexibility index (Phi) is 35.7. The van der Waals surface area contributed by atoms with Gasteiger partial charge in [-0.05, 0) is 77.5 Å². The molecule has 11 heteroatoms. The topological polar surface area (TPSA) is 125 Å². The molecule has 0 spiro atoms. The molecule has 0 aromatic carbocycles. The fraction of sp³-hybridized carbons (Fsp3) is 0.515. The molecule has 1 atom stereocenters. The summed E-state index contributed by atoms with van der Waals surface area (Å²) in [5.74, 6) is 28.4. The standard InChI is InChI=1S/C33H37O8P.2Na/c1-3-5-7-9-11-13-15-17-19-21-23-25-27-32(34)39-29-31(30-40-42(36,37)38)41-33(35)28-26-24-22-20-18-16-14-12-10-8-6-4-2;;/h1,31H,4,6,8,10,12,14,16,18,20,22,24,26,28-30H2,2H3,(H2,36,37,38);;/q;2*+1/p-2/t31-;;/m1../s1. The smallest absolute Gasteiger partial charge is 0.790 e. The van der Waals surface area contributed by atoms with Crippen LogP contribution in [0.15, 0.2) is 0 Å². The third kappa shape index (κ3) is 36.2. The van der Waals surface area contributed by atoms with Gasteiger partial charge in [0.15, 0.2) is 6.10 Å². The fourth-order valence-electron chi connectivity index (χ4n) is 3.25. The van der Waals surface area contributed by atoms with Crippen molar-refractivity contribution in [3.63, 3.8) is 0 Å². The number of carbonyl (C=O) groups is 2. The third-order valence-corrected chi connectivity index (χ3v) is 5.68. The summed E-state index contributed by atoms with van der Waals surface area (Å²) in [5, 5.41) is 0. The van der Waals surface area contributed by atoms with Crippen molar-refractivity contribution >= 4 is 19.8 Å². The summed E-state index contributed by atoms with van der Waals surface area (Å²) in [6.45, 7) is 0.861. The van der Waals surface area contributed by atoms with E-state index in [1.165, 1.54) is 51.4 Å². The summed E-state index contributed by atoms with van der Waals surface area (Å²) in [5.41, 5.74) is 0. The van der Waals surface area contributed by atoms with Crippen LogP contribution in [0, 0.1) is 83.4 Å². The molecule has 0 saturated heterocycles. The summed E-state index contributed by atoms with van der Waals surface area (Å²) in [7, 11) is -5.32. The van der Waals surface area contributed by atoms with Crippen LogP contribution >= 0.6 is 7.82 Å². The largest absolute Gasteiger partial charge is 1.00 e. The van der Waals surface area contributed by atoms with Gasteiger partial charge in [0.05, 0.1) is 14.4 Å². The molecule has 0 heterocycles. The second kappa shape index (κ2) is 33.9. The minimum Gasteiger partial charge on any atom is -0.790 e. The van der Waals surface area contributed by atoms with E-state index in [0.29, 0.717) is 6.42 Å². The Hall–Kier alpha value is -2.03. The first kappa shape index (κ1) is 46.4. The van der Waals surface area contributed by atoms with Crippen LogP contribution in [0.3, 0.4) is 0 Å². The minimum absolute atomic E-state index is 0. The van der Waals surface area contributed by atoms with Crippen LogP contribution in [0.1, 0.15) is 90.4 Å². The van der Waals surface area contributed by atoms with Crippen molar-refractivity contribution in [1.82, 2.24) is 0 Å². The van der Waals surface area contributed by atoms with Crippen molar-refractivity contribution in [2.24, 2.45) is 0 Å². The predicted octanol–water partition coefficient (Wildman–Crippen LogP) is -2.96. The van der Waals surface area contributed by atoms with E-state index in [0.717, 1.165) is 19.3 Å². The van der Waals surface area contributed by atoms with Gasteiger partial charge >= 0.3 is 71.1 Å². The molecule has 0 bridgehead atoms. The maximum Gasteiger partial charge on any atom is 1.00 e. The van der Waals surface area contributed by atoms with E-state index in [9.17, 15) is 23.9 Å². The van der Waals surface area contributed by atoms with Gasteiger partial charge in [-0.25, -0.2) is 4.79 Å². The van der Waals surface area contributed by atoms with E-state index in [1.54, 1.807) is 0 Å². The zero-order valence-electron chi connectivity index (χ0n) is 26.0. The van der Waals surface area contributed by atoms with Gasteiger partial charge in [0, 0.05) is 12.3 Å². The maximum atomic E-state index is 12.2. The first-order valence-electron chi connectivity index (χ1n) is 13.8. The van der Waals surface area contributed by atoms with Gasteiger partial charge in [-0.1, -0.05) is 77.6 Å². The van der Waals surface area contributed by atoms with Crippen molar-refractivity contribution in [1.29, 1.82) is 0 Å². The summed E-state index contributed by atoms with van der Waals surface area (Å²) in [6, 6.07) is 0. The molecule has 44 heavy (non-hydrogen) atoms. The minimum atomic E-state index is -5.32. The Balaban J connectivity index is -0.00000840. The zero-order valence-corrected chi connectivity index (χ0v) is 30.9. The molecule has 0 rings (SSSR count). The Morgan fingerprint density at radius 2 is 1.11 bits per heavy atom. The quantitative estimate of drug-likeness (QED) is 0.0368. The zero-order chi connectivity index (χ0) is 31.2. The maximum absolute atomic E-state index is 12.2. The van der Waals surface area contributed by atoms with Crippen LogP contribution < -0.4 is 68.9 Å². The monoisotopic (exact) mass is 636 g/mol. The molecule has 0 saturated carbocycles. The number of ether oxygens (including phenoxy) is 2. The third-order valence-electron chi connectivity index (χ3n) is 5.21. The van der Waals surface area contributed by atoms with Crippen molar-refractivity contribution in [3.8, 4) is 83.4 Å². The van der Waals surface area contributed by atoms with Crippen LogP contribution in [-0.4, -0.2) is 31.3 Å². The van der Waals surface area contributed by atoms with E-state index in [-0.39, 0.29) is 65.5 Å². The molecule has 0 aliphatic heterocycles. The molecule has 222 valence electrons. The molecule has 0 aromatic heterocycles. The van der Waals surface area contributed by atoms with Crippen LogP contribution in [-0.2, 0) is 28.2 Å². The van der Waals surface area contributed by atoms with Gasteiger partial charge in [-0.15, -0.1) is 6.42 Å². The first-order chi connectivity index (χ1) is 20.3. The molecule has 0 aromatic rings. The SMILES string of the molecule is C#CC#CC#CC#CC#CC#CC#CC(=O)OC[C@H](COP(=O)([O-])[O-])OC(=O)CCCCCCCCCCCCCC.[Na+].[Na+]. The molecule has 0 fully saturated rings. The second-order valence-corrected chi connectivity index (χ2v) is 9.89. The van der Waals surface area contributed by atoms with Crippen molar-refractivity contribution in [2.75, 3.05) is 13.2 Å². The number of unbranched alkanes of at least 4 members (excludes halogenated alkanes) is 11. The molecule has 0 amide bonds. The predicted molar refractivity (Wildman–Crippen MR) is 156 cm³/mol. The van der Waals surface area contributed by atoms with Gasteiger partial charge in [0.1, 0.15) is 6.61 Å². The van der Waals surface area contributed by atoms with Crippen molar-refractivity contribution in [3.05, 3.63) is 0 Å². The van der Waals surface area contributed by atoms with Crippen LogP contribution in [0.25, 0.3) is 0 Å². The van der Waals surface area contributed by atoms with Gasteiger partial charge in [0.2, 0.25) is 0 Å². The fourth-order valence-corrected chi connectivity index (χ4v) is 3.60. The van der Waals surface area contributed by atoms with E-state index in [4.69, 9.17) is 15.9 Å². The van der Waals surface area contributed by atoms with Gasteiger partial charge < -0.3 is 28.3 Å². The first-order valence-corrected chi connectivity index (χ1v) is 15.2. The summed E-state index contributed by atoms with van der Waals surface area (Å²) < 4.78 is 25.0. The molecule has 8 nitrogen and oxygen atoms in total. The number of phosphoric ester groups is 1. The molecular weight excluding hydrogens is 601 g/mol. The average Bonchev–Trinajstić information content (AvgIpc) is 2.95. The average molecular weight is 637 g/mol. The number of hydrogen-bond acceptors (Lipinski definition) is 8. The molecular formula is C33H35Na2O8P. The molecule has 0 unspecified atom stereocenters. The van der Waals surface area contributed by atoms with E-state index in [1.807, 2.05) is 0 Å². The number of carbonyl (C=O) groups excluding carboxylic acids is 2. The van der Waals surface area contributed by atoms with Crippen molar-refractivity contribution in [2.45, 2.75) is 96.5 Å². The summed E-state index contributed by atoms with van der Waals surface area (Å²) in [4.78, 5) is 45.6. The molecule has 0 aliphatic carbocycles. The molecule has 0 aliphatic rings.